The fourth-order valence-corrected chi connectivity index (χ4v) is 6.40. The summed E-state index contributed by atoms with van der Waals surface area (Å²) in [6, 6.07) is 3.86. The number of Topliss-reactive ketones (excluding diaryl/α,β-unsaturated/α-hetero) is 1. The van der Waals surface area contributed by atoms with E-state index in [0.717, 1.165) is 42.9 Å². The molecule has 0 bridgehead atoms. The number of carbonyl (C=O) groups is 2. The fraction of sp³-hybridized carbons (Fsp3) is 0.500. The van der Waals surface area contributed by atoms with Gasteiger partial charge in [-0.05, 0) is 39.3 Å². The number of fused-ring (bicyclic) bond motifs is 1. The van der Waals surface area contributed by atoms with Crippen molar-refractivity contribution in [3.63, 3.8) is 0 Å². The maximum Gasteiger partial charge on any atom is 0.418 e. The summed E-state index contributed by atoms with van der Waals surface area (Å²) in [4.78, 5) is 35.3. The van der Waals surface area contributed by atoms with E-state index in [4.69, 9.17) is 19.9 Å². The molecule has 4 N–H and O–H groups in total. The van der Waals surface area contributed by atoms with E-state index in [9.17, 15) is 18.0 Å². The number of anilines is 1. The number of oxime groups is 1. The standard InChI is InChI=1S/C26H33N7O8S2/c1-26(2)18(24(35)33(26)41-43(36,37)38)11-21(34)23(19-15-42-25(27)29-19)30-40-10-9-39-17-6-7-22-31(3)20(14-32(22)13-17)16-5-4-8-28-12-16/h6-7,13-16,18,28H,4-5,8-12H2,1-3H3,(H2-,27,29,36,37,38)/p+1/b30-23-/t16?,18-/m1/s1. The highest BCUT2D eigenvalue weighted by atomic mass is 32.3. The van der Waals surface area contributed by atoms with Crippen LogP contribution >= 0.6 is 11.3 Å². The summed E-state index contributed by atoms with van der Waals surface area (Å²) >= 11 is 1.11. The van der Waals surface area contributed by atoms with Crippen LogP contribution in [0.3, 0.4) is 0 Å². The molecule has 0 saturated carbocycles. The van der Waals surface area contributed by atoms with Crippen LogP contribution in [0.5, 0.6) is 5.75 Å². The largest absolute Gasteiger partial charge is 0.486 e. The fourth-order valence-electron chi connectivity index (χ4n) is 5.40. The average Bonchev–Trinajstić information content (AvgIpc) is 3.54. The molecule has 2 aliphatic heterocycles. The van der Waals surface area contributed by atoms with Crippen molar-refractivity contribution in [2.75, 3.05) is 32.0 Å². The van der Waals surface area contributed by atoms with Crippen LogP contribution < -0.4 is 20.2 Å². The van der Waals surface area contributed by atoms with Crippen LogP contribution in [-0.2, 0) is 36.2 Å². The number of pyridine rings is 1. The molecule has 3 aromatic rings. The maximum atomic E-state index is 13.2. The predicted molar refractivity (Wildman–Crippen MR) is 155 cm³/mol. The number of hydrogen-bond donors (Lipinski definition) is 3. The molecular formula is C26H34N7O8S2+. The summed E-state index contributed by atoms with van der Waals surface area (Å²) in [5, 5.41) is 9.72. The lowest BCUT2D eigenvalue weighted by Gasteiger charge is -2.50. The number of ether oxygens (including phenoxy) is 1. The number of nitrogens with two attached hydrogens (primary N) is 1. The number of imidazole rings is 1. The van der Waals surface area contributed by atoms with Crippen molar-refractivity contribution < 1.29 is 40.8 Å². The molecule has 5 heterocycles. The average molecular weight is 637 g/mol. The van der Waals surface area contributed by atoms with Crippen molar-refractivity contribution in [3.05, 3.63) is 41.3 Å². The van der Waals surface area contributed by atoms with Gasteiger partial charge in [-0.25, -0.2) is 9.55 Å². The van der Waals surface area contributed by atoms with Gasteiger partial charge in [0.25, 0.3) is 11.6 Å². The Morgan fingerprint density at radius 3 is 2.77 bits per heavy atom. The lowest BCUT2D eigenvalue weighted by atomic mass is 9.74. The Labute approximate surface area is 252 Å². The number of carbonyl (C=O) groups excluding carboxylic acids is 2. The van der Waals surface area contributed by atoms with Crippen LogP contribution in [0.2, 0.25) is 0 Å². The van der Waals surface area contributed by atoms with E-state index in [-0.39, 0.29) is 36.2 Å². The highest BCUT2D eigenvalue weighted by Gasteiger charge is 2.57. The number of nitrogen functional groups attached to an aromatic ring is 1. The van der Waals surface area contributed by atoms with E-state index < -0.39 is 33.5 Å². The van der Waals surface area contributed by atoms with Crippen molar-refractivity contribution in [1.29, 1.82) is 0 Å². The van der Waals surface area contributed by atoms with Crippen molar-refractivity contribution in [1.82, 2.24) is 19.9 Å². The number of nitrogens with one attached hydrogen (secondary N) is 1. The molecular weight excluding hydrogens is 602 g/mol. The van der Waals surface area contributed by atoms with Crippen molar-refractivity contribution in [2.24, 2.45) is 18.1 Å². The second-order valence-corrected chi connectivity index (χ2v) is 12.8. The molecule has 1 amide bonds. The molecule has 3 aromatic heterocycles. The topological polar surface area (TPSA) is 192 Å². The van der Waals surface area contributed by atoms with Gasteiger partial charge in [-0.15, -0.1) is 15.6 Å². The van der Waals surface area contributed by atoms with Gasteiger partial charge in [-0.2, -0.15) is 17.9 Å². The third-order valence-corrected chi connectivity index (χ3v) is 8.72. The third kappa shape index (κ3) is 6.65. The van der Waals surface area contributed by atoms with Crippen LogP contribution in [0.25, 0.3) is 5.65 Å². The summed E-state index contributed by atoms with van der Waals surface area (Å²) in [6.45, 7) is 5.16. The minimum atomic E-state index is -4.91. The molecule has 43 heavy (non-hydrogen) atoms. The molecule has 0 spiro atoms. The number of thiazole rings is 1. The van der Waals surface area contributed by atoms with Crippen LogP contribution in [0.1, 0.15) is 50.4 Å². The smallest absolute Gasteiger partial charge is 0.418 e. The molecule has 1 unspecified atom stereocenters. The number of aryl methyl sites for hydroxylation is 1. The van der Waals surface area contributed by atoms with Gasteiger partial charge in [-0.3, -0.25) is 14.1 Å². The van der Waals surface area contributed by atoms with Crippen LogP contribution in [0.4, 0.5) is 5.13 Å². The Morgan fingerprint density at radius 2 is 2.12 bits per heavy atom. The summed E-state index contributed by atoms with van der Waals surface area (Å²) in [6.07, 6.45) is 5.99. The number of β-lactam (4-membered cyclic amide) rings is 1. The zero-order valence-corrected chi connectivity index (χ0v) is 25.6. The molecule has 2 atom stereocenters. The molecule has 5 rings (SSSR count). The van der Waals surface area contributed by atoms with E-state index in [1.807, 2.05) is 22.7 Å². The Morgan fingerprint density at radius 1 is 1.33 bits per heavy atom. The van der Waals surface area contributed by atoms with Crippen LogP contribution in [0, 0.1) is 5.92 Å². The molecule has 2 fully saturated rings. The van der Waals surface area contributed by atoms with Crippen LogP contribution in [-0.4, -0.2) is 76.8 Å². The molecule has 2 saturated heterocycles. The van der Waals surface area contributed by atoms with E-state index >= 15 is 0 Å². The van der Waals surface area contributed by atoms with Gasteiger partial charge >= 0.3 is 10.4 Å². The Hall–Kier alpha value is -3.64. The first-order valence-corrected chi connectivity index (χ1v) is 15.9. The number of amides is 1. The first-order valence-electron chi connectivity index (χ1n) is 13.6. The molecule has 17 heteroatoms. The zero-order chi connectivity index (χ0) is 30.9. The normalized spacial score (nSPS) is 20.7. The summed E-state index contributed by atoms with van der Waals surface area (Å²) in [5.41, 5.74) is 6.88. The number of hydroxylamine groups is 2. The molecule has 232 valence electrons. The SMILES string of the molecule is Cn1c(C2CCCNC2)c[n+]2cc(OCCO/N=C(\C(=O)C[C@@H]3C(=O)N(OS(=O)(=O)O)C3(C)C)c3csc(N)n3)ccc12. The first-order chi connectivity index (χ1) is 20.3. The second kappa shape index (κ2) is 12.2. The number of ketones is 1. The lowest BCUT2D eigenvalue weighted by molar-refractivity contribution is -0.511. The number of aromatic nitrogens is 3. The highest BCUT2D eigenvalue weighted by molar-refractivity contribution is 7.80. The first kappa shape index (κ1) is 30.8. The summed E-state index contributed by atoms with van der Waals surface area (Å²) in [7, 11) is -2.85. The Kier molecular flexibility index (Phi) is 8.71. The highest BCUT2D eigenvalue weighted by Crippen LogP contribution is 2.40. The van der Waals surface area contributed by atoms with Gasteiger partial charge in [0.2, 0.25) is 0 Å². The zero-order valence-electron chi connectivity index (χ0n) is 23.9. The summed E-state index contributed by atoms with van der Waals surface area (Å²) < 4.78 is 45.6. The number of nitrogens with zero attached hydrogens (tertiary/aromatic N) is 5. The Bertz CT molecular complexity index is 1660. The van der Waals surface area contributed by atoms with Gasteiger partial charge in [0.05, 0.1) is 18.5 Å². The van der Waals surface area contributed by atoms with Crippen molar-refractivity contribution in [2.45, 2.75) is 44.6 Å². The van der Waals surface area contributed by atoms with Crippen LogP contribution in [0.15, 0.2) is 35.1 Å². The van der Waals surface area contributed by atoms with E-state index in [1.54, 1.807) is 0 Å². The molecule has 0 aromatic carbocycles. The minimum absolute atomic E-state index is 0.0106. The number of rotatable bonds is 12. The van der Waals surface area contributed by atoms with Crippen molar-refractivity contribution in [3.8, 4) is 5.75 Å². The van der Waals surface area contributed by atoms with Gasteiger partial charge in [0.1, 0.15) is 30.4 Å². The third-order valence-electron chi connectivity index (χ3n) is 7.71. The summed E-state index contributed by atoms with van der Waals surface area (Å²) in [5.74, 6) is -1.20. The number of hydrogen-bond acceptors (Lipinski definition) is 12. The maximum absolute atomic E-state index is 13.2. The van der Waals surface area contributed by atoms with Gasteiger partial charge in [0.15, 0.2) is 29.0 Å². The number of piperidine rings is 1. The van der Waals surface area contributed by atoms with Gasteiger partial charge < -0.3 is 20.6 Å². The monoisotopic (exact) mass is 636 g/mol. The Balaban J connectivity index is 1.21. The molecule has 0 radical (unpaired) electrons. The van der Waals surface area contributed by atoms with Gasteiger partial charge in [0, 0.05) is 30.3 Å². The van der Waals surface area contributed by atoms with E-state index in [2.05, 4.69) is 37.6 Å². The van der Waals surface area contributed by atoms with Crippen molar-refractivity contribution >= 4 is 49.9 Å². The minimum Gasteiger partial charge on any atom is -0.486 e. The van der Waals surface area contributed by atoms with E-state index in [1.165, 1.54) is 24.9 Å². The predicted octanol–water partition coefficient (Wildman–Crippen LogP) is 1.000. The molecule has 15 nitrogen and oxygen atoms in total. The quantitative estimate of drug-likeness (QED) is 0.0642. The lowest BCUT2D eigenvalue weighted by Crippen LogP contribution is -2.68. The van der Waals surface area contributed by atoms with Gasteiger partial charge in [-0.1, -0.05) is 5.16 Å². The molecule has 2 aliphatic rings. The van der Waals surface area contributed by atoms with E-state index in [0.29, 0.717) is 16.7 Å². The second-order valence-electron chi connectivity index (χ2n) is 10.9. The molecule has 0 aliphatic carbocycles.